The van der Waals surface area contributed by atoms with E-state index in [1.165, 1.54) is 16.7 Å². The maximum atomic E-state index is 4.59. The fourth-order valence-corrected chi connectivity index (χ4v) is 2.68. The molecular formula is C14H18N2S. The van der Waals surface area contributed by atoms with E-state index in [2.05, 4.69) is 47.7 Å². The van der Waals surface area contributed by atoms with Crippen molar-refractivity contribution in [1.82, 2.24) is 10.3 Å². The highest BCUT2D eigenvalue weighted by molar-refractivity contribution is 7.09. The molecule has 0 amide bonds. The molecule has 0 fully saturated rings. The highest BCUT2D eigenvalue weighted by atomic mass is 32.1. The molecule has 0 aliphatic rings. The molecule has 1 atom stereocenters. The van der Waals surface area contributed by atoms with Gasteiger partial charge in [0.25, 0.3) is 0 Å². The smallest absolute Gasteiger partial charge is 0.0898 e. The quantitative estimate of drug-likeness (QED) is 0.898. The normalized spacial score (nSPS) is 12.7. The van der Waals surface area contributed by atoms with Gasteiger partial charge in [0.05, 0.1) is 16.7 Å². The Labute approximate surface area is 107 Å². The van der Waals surface area contributed by atoms with Crippen LogP contribution in [-0.4, -0.2) is 12.0 Å². The zero-order chi connectivity index (χ0) is 12.4. The number of aromatic nitrogens is 1. The molecule has 90 valence electrons. The zero-order valence-electron chi connectivity index (χ0n) is 10.7. The molecule has 0 spiro atoms. The van der Waals surface area contributed by atoms with Gasteiger partial charge < -0.3 is 5.32 Å². The lowest BCUT2D eigenvalue weighted by molar-refractivity contribution is 0.669. The number of aryl methyl sites for hydroxylation is 3. The summed E-state index contributed by atoms with van der Waals surface area (Å²) in [5.74, 6) is 0. The predicted molar refractivity (Wildman–Crippen MR) is 73.7 cm³/mol. The molecule has 1 heterocycles. The first-order valence-corrected chi connectivity index (χ1v) is 6.66. The second-order valence-electron chi connectivity index (χ2n) is 4.37. The SMILES string of the molecule is CNC(c1csc(C)n1)c1cc(C)ccc1C. The number of thiazole rings is 1. The van der Waals surface area contributed by atoms with Crippen molar-refractivity contribution >= 4 is 11.3 Å². The first-order valence-electron chi connectivity index (χ1n) is 5.78. The van der Waals surface area contributed by atoms with E-state index in [4.69, 9.17) is 0 Å². The van der Waals surface area contributed by atoms with Crippen molar-refractivity contribution in [3.05, 3.63) is 51.0 Å². The summed E-state index contributed by atoms with van der Waals surface area (Å²) in [6, 6.07) is 6.76. The molecule has 1 aromatic carbocycles. The van der Waals surface area contributed by atoms with Crippen LogP contribution in [-0.2, 0) is 0 Å². The van der Waals surface area contributed by atoms with E-state index in [9.17, 15) is 0 Å². The number of nitrogens with zero attached hydrogens (tertiary/aromatic N) is 1. The van der Waals surface area contributed by atoms with E-state index in [1.54, 1.807) is 11.3 Å². The van der Waals surface area contributed by atoms with E-state index in [-0.39, 0.29) is 6.04 Å². The maximum absolute atomic E-state index is 4.59. The lowest BCUT2D eigenvalue weighted by atomic mass is 9.97. The molecule has 1 unspecified atom stereocenters. The minimum Gasteiger partial charge on any atom is -0.308 e. The van der Waals surface area contributed by atoms with Gasteiger partial charge in [-0.25, -0.2) is 4.98 Å². The van der Waals surface area contributed by atoms with Crippen LogP contribution in [0.1, 0.15) is 33.4 Å². The Hall–Kier alpha value is -1.19. The Morgan fingerprint density at radius 2 is 2.00 bits per heavy atom. The summed E-state index contributed by atoms with van der Waals surface area (Å²) in [5, 5.41) is 6.61. The van der Waals surface area contributed by atoms with Crippen LogP contribution in [0.15, 0.2) is 23.6 Å². The van der Waals surface area contributed by atoms with Crippen molar-refractivity contribution in [1.29, 1.82) is 0 Å². The fraction of sp³-hybridized carbons (Fsp3) is 0.357. The topological polar surface area (TPSA) is 24.9 Å². The van der Waals surface area contributed by atoms with Crippen LogP contribution < -0.4 is 5.32 Å². The molecule has 0 bridgehead atoms. The Morgan fingerprint density at radius 1 is 1.24 bits per heavy atom. The van der Waals surface area contributed by atoms with Crippen LogP contribution in [0.2, 0.25) is 0 Å². The molecule has 0 aliphatic heterocycles. The molecule has 1 N–H and O–H groups in total. The molecule has 17 heavy (non-hydrogen) atoms. The van der Waals surface area contributed by atoms with Gasteiger partial charge in [0.15, 0.2) is 0 Å². The maximum Gasteiger partial charge on any atom is 0.0898 e. The van der Waals surface area contributed by atoms with Crippen molar-refractivity contribution in [2.45, 2.75) is 26.8 Å². The van der Waals surface area contributed by atoms with Crippen molar-refractivity contribution in [3.63, 3.8) is 0 Å². The highest BCUT2D eigenvalue weighted by Gasteiger charge is 2.16. The summed E-state index contributed by atoms with van der Waals surface area (Å²) in [7, 11) is 1.99. The van der Waals surface area contributed by atoms with Crippen LogP contribution in [0.25, 0.3) is 0 Å². The fourth-order valence-electron chi connectivity index (χ4n) is 2.05. The van der Waals surface area contributed by atoms with Gasteiger partial charge in [-0.2, -0.15) is 0 Å². The van der Waals surface area contributed by atoms with Gasteiger partial charge in [-0.15, -0.1) is 11.3 Å². The molecule has 1 aromatic heterocycles. The third kappa shape index (κ3) is 2.56. The molecule has 0 saturated carbocycles. The second kappa shape index (κ2) is 4.98. The molecule has 0 saturated heterocycles. The minimum atomic E-state index is 0.194. The number of hydrogen-bond acceptors (Lipinski definition) is 3. The van der Waals surface area contributed by atoms with Gasteiger partial charge in [-0.3, -0.25) is 0 Å². The largest absolute Gasteiger partial charge is 0.308 e. The Kier molecular flexibility index (Phi) is 3.60. The van der Waals surface area contributed by atoms with Gasteiger partial charge in [-0.05, 0) is 38.9 Å². The van der Waals surface area contributed by atoms with Gasteiger partial charge in [0.1, 0.15) is 0 Å². The molecule has 2 rings (SSSR count). The molecule has 0 aliphatic carbocycles. The molecule has 0 radical (unpaired) electrons. The molecule has 3 heteroatoms. The monoisotopic (exact) mass is 246 g/mol. The van der Waals surface area contributed by atoms with E-state index >= 15 is 0 Å². The number of rotatable bonds is 3. The van der Waals surface area contributed by atoms with Crippen LogP contribution in [0, 0.1) is 20.8 Å². The third-order valence-corrected chi connectivity index (χ3v) is 3.76. The molecular weight excluding hydrogens is 228 g/mol. The summed E-state index contributed by atoms with van der Waals surface area (Å²) < 4.78 is 0. The first-order chi connectivity index (χ1) is 8.11. The summed E-state index contributed by atoms with van der Waals surface area (Å²) in [4.78, 5) is 4.59. The molecule has 2 aromatic rings. The van der Waals surface area contributed by atoms with Crippen molar-refractivity contribution in [2.75, 3.05) is 7.05 Å². The highest BCUT2D eigenvalue weighted by Crippen LogP contribution is 2.26. The van der Waals surface area contributed by atoms with E-state index in [1.807, 2.05) is 14.0 Å². The number of benzene rings is 1. The minimum absolute atomic E-state index is 0.194. The number of hydrogen-bond donors (Lipinski definition) is 1. The summed E-state index contributed by atoms with van der Waals surface area (Å²) >= 11 is 1.70. The lowest BCUT2D eigenvalue weighted by Crippen LogP contribution is -2.19. The van der Waals surface area contributed by atoms with Gasteiger partial charge in [-0.1, -0.05) is 23.8 Å². The van der Waals surface area contributed by atoms with Crippen molar-refractivity contribution in [3.8, 4) is 0 Å². The summed E-state index contributed by atoms with van der Waals surface area (Å²) in [6.45, 7) is 6.32. The van der Waals surface area contributed by atoms with Crippen LogP contribution >= 0.6 is 11.3 Å². The average Bonchev–Trinajstić information content (AvgIpc) is 2.71. The first kappa shape index (κ1) is 12.3. The van der Waals surface area contributed by atoms with Crippen molar-refractivity contribution in [2.24, 2.45) is 0 Å². The van der Waals surface area contributed by atoms with Crippen LogP contribution in [0.5, 0.6) is 0 Å². The Bertz CT molecular complexity index is 517. The predicted octanol–water partition coefficient (Wildman–Crippen LogP) is 3.38. The van der Waals surface area contributed by atoms with E-state index < -0.39 is 0 Å². The third-order valence-electron chi connectivity index (χ3n) is 2.97. The average molecular weight is 246 g/mol. The van der Waals surface area contributed by atoms with Crippen LogP contribution in [0.4, 0.5) is 0 Å². The number of nitrogens with one attached hydrogen (secondary N) is 1. The van der Waals surface area contributed by atoms with Crippen LogP contribution in [0.3, 0.4) is 0 Å². The Morgan fingerprint density at radius 3 is 2.59 bits per heavy atom. The lowest BCUT2D eigenvalue weighted by Gasteiger charge is -2.17. The standard InChI is InChI=1S/C14H18N2S/c1-9-5-6-10(2)12(7-9)14(15-4)13-8-17-11(3)16-13/h5-8,14-15H,1-4H3. The van der Waals surface area contributed by atoms with E-state index in [0.717, 1.165) is 10.7 Å². The summed E-state index contributed by atoms with van der Waals surface area (Å²) in [5.41, 5.74) is 5.03. The second-order valence-corrected chi connectivity index (χ2v) is 5.44. The summed E-state index contributed by atoms with van der Waals surface area (Å²) in [6.07, 6.45) is 0. The zero-order valence-corrected chi connectivity index (χ0v) is 11.6. The van der Waals surface area contributed by atoms with E-state index in [0.29, 0.717) is 0 Å². The Balaban J connectivity index is 2.45. The van der Waals surface area contributed by atoms with Gasteiger partial charge >= 0.3 is 0 Å². The van der Waals surface area contributed by atoms with Gasteiger partial charge in [0, 0.05) is 5.38 Å². The van der Waals surface area contributed by atoms with Crippen molar-refractivity contribution < 1.29 is 0 Å². The van der Waals surface area contributed by atoms with Gasteiger partial charge in [0.2, 0.25) is 0 Å². The molecule has 2 nitrogen and oxygen atoms in total.